The molecule has 0 unspecified atom stereocenters. The van der Waals surface area contributed by atoms with E-state index in [1.807, 2.05) is 29.2 Å². The van der Waals surface area contributed by atoms with Crippen LogP contribution >= 0.6 is 0 Å². The average Bonchev–Trinajstić information content (AvgIpc) is 3.01. The summed E-state index contributed by atoms with van der Waals surface area (Å²) in [5.74, 6) is 0.154. The second kappa shape index (κ2) is 10.0. The molecule has 9 heteroatoms. The number of ether oxygens (including phenoxy) is 1. The number of likely N-dealkylation sites (tertiary alicyclic amines) is 1. The second-order valence-electron chi connectivity index (χ2n) is 9.54. The van der Waals surface area contributed by atoms with E-state index in [9.17, 15) is 19.2 Å². The molecule has 1 spiro atoms. The number of hydrogen-bond acceptors (Lipinski definition) is 5. The van der Waals surface area contributed by atoms with Gasteiger partial charge >= 0.3 is 6.03 Å². The predicted molar refractivity (Wildman–Crippen MR) is 125 cm³/mol. The molecular weight excluding hydrogens is 436 g/mol. The van der Waals surface area contributed by atoms with Gasteiger partial charge < -0.3 is 19.9 Å². The minimum atomic E-state index is -0.775. The molecule has 1 aromatic rings. The van der Waals surface area contributed by atoms with Crippen molar-refractivity contribution in [3.63, 3.8) is 0 Å². The summed E-state index contributed by atoms with van der Waals surface area (Å²) in [6.45, 7) is 0.843. The molecule has 0 radical (unpaired) electrons. The maximum atomic E-state index is 13.1. The molecule has 1 aromatic carbocycles. The number of nitrogens with one attached hydrogen (secondary N) is 1. The minimum absolute atomic E-state index is 0.0309. The third-order valence-electron chi connectivity index (χ3n) is 7.53. The van der Waals surface area contributed by atoms with Crippen LogP contribution in [0, 0.1) is 0 Å². The summed E-state index contributed by atoms with van der Waals surface area (Å²) < 4.78 is 5.33. The monoisotopic (exact) mass is 470 g/mol. The molecule has 1 aliphatic carbocycles. The van der Waals surface area contributed by atoms with Crippen LogP contribution in [0.1, 0.15) is 50.5 Å². The Kier molecular flexibility index (Phi) is 7.09. The lowest BCUT2D eigenvalue weighted by atomic mass is 9.81. The maximum Gasteiger partial charge on any atom is 0.327 e. The predicted octanol–water partition coefficient (Wildman–Crippen LogP) is 1.94. The Morgan fingerprint density at radius 1 is 1.09 bits per heavy atom. The van der Waals surface area contributed by atoms with Crippen molar-refractivity contribution in [2.45, 2.75) is 62.9 Å². The molecule has 9 nitrogen and oxygen atoms in total. The van der Waals surface area contributed by atoms with Crippen LogP contribution in [0.5, 0.6) is 5.75 Å². The number of piperidine rings is 1. The van der Waals surface area contributed by atoms with Gasteiger partial charge in [0, 0.05) is 31.7 Å². The lowest BCUT2D eigenvalue weighted by Gasteiger charge is -2.35. The van der Waals surface area contributed by atoms with Gasteiger partial charge in [-0.05, 0) is 31.7 Å². The number of methoxy groups -OCH3 is 1. The van der Waals surface area contributed by atoms with E-state index in [4.69, 9.17) is 4.74 Å². The number of imide groups is 1. The van der Waals surface area contributed by atoms with Crippen LogP contribution < -0.4 is 10.1 Å². The number of para-hydroxylation sites is 1. The highest BCUT2D eigenvalue weighted by molar-refractivity contribution is 6.09. The molecule has 5 amide bonds. The third kappa shape index (κ3) is 4.60. The Labute approximate surface area is 200 Å². The summed E-state index contributed by atoms with van der Waals surface area (Å²) in [5.41, 5.74) is 0.0778. The normalized spacial score (nSPS) is 20.7. The van der Waals surface area contributed by atoms with Gasteiger partial charge in [-0.25, -0.2) is 4.79 Å². The highest BCUT2D eigenvalue weighted by Crippen LogP contribution is 2.39. The summed E-state index contributed by atoms with van der Waals surface area (Å²) in [6.07, 6.45) is 5.76. The van der Waals surface area contributed by atoms with Crippen molar-refractivity contribution in [1.82, 2.24) is 20.0 Å². The van der Waals surface area contributed by atoms with Crippen LogP contribution in [-0.4, -0.2) is 83.8 Å². The van der Waals surface area contributed by atoms with Gasteiger partial charge in [0.05, 0.1) is 13.5 Å². The van der Waals surface area contributed by atoms with Crippen molar-refractivity contribution < 1.29 is 23.9 Å². The molecule has 3 fully saturated rings. The molecule has 1 N–H and O–H groups in total. The first kappa shape index (κ1) is 24.0. The average molecular weight is 471 g/mol. The number of likely N-dealkylation sites (N-methyl/N-ethyl adjacent to an activating group) is 1. The maximum absolute atomic E-state index is 13.1. The van der Waals surface area contributed by atoms with Crippen molar-refractivity contribution in [3.05, 3.63) is 29.8 Å². The van der Waals surface area contributed by atoms with Crippen LogP contribution in [0.15, 0.2) is 24.3 Å². The van der Waals surface area contributed by atoms with E-state index >= 15 is 0 Å². The fraction of sp³-hybridized carbons (Fsp3) is 0.600. The molecule has 3 aliphatic rings. The standard InChI is InChI=1S/C25H34N4O5/c1-27-24(33)29(23(32)25(27)12-6-3-7-13-25)17-21(30)26-19-10-14-28(15-11-19)22(31)16-18-8-4-5-9-20(18)34-2/h4-5,8-9,19H,3,6-7,10-17H2,1-2H3,(H,26,30). The van der Waals surface area contributed by atoms with Gasteiger partial charge in [0.1, 0.15) is 17.8 Å². The number of nitrogens with zero attached hydrogens (tertiary/aromatic N) is 3. The Balaban J connectivity index is 1.26. The molecule has 0 aromatic heterocycles. The number of carbonyl (C=O) groups excluding carboxylic acids is 4. The number of carbonyl (C=O) groups is 4. The largest absolute Gasteiger partial charge is 0.496 e. The van der Waals surface area contributed by atoms with Crippen LogP contribution in [-0.2, 0) is 20.8 Å². The molecule has 2 saturated heterocycles. The zero-order valence-corrected chi connectivity index (χ0v) is 20.0. The number of benzene rings is 1. The Hall–Kier alpha value is -3.10. The molecule has 0 atom stereocenters. The van der Waals surface area contributed by atoms with Crippen LogP contribution in [0.3, 0.4) is 0 Å². The molecular formula is C25H34N4O5. The van der Waals surface area contributed by atoms with Crippen molar-refractivity contribution >= 4 is 23.8 Å². The minimum Gasteiger partial charge on any atom is -0.496 e. The summed E-state index contributed by atoms with van der Waals surface area (Å²) >= 11 is 0. The van der Waals surface area contributed by atoms with Crippen molar-refractivity contribution in [2.24, 2.45) is 0 Å². The number of hydrogen-bond donors (Lipinski definition) is 1. The first-order valence-electron chi connectivity index (χ1n) is 12.1. The summed E-state index contributed by atoms with van der Waals surface area (Å²) in [7, 11) is 3.26. The van der Waals surface area contributed by atoms with Crippen molar-refractivity contribution in [2.75, 3.05) is 33.8 Å². The highest BCUT2D eigenvalue weighted by atomic mass is 16.5. The van der Waals surface area contributed by atoms with E-state index in [-0.39, 0.29) is 42.8 Å². The van der Waals surface area contributed by atoms with E-state index in [1.165, 1.54) is 4.90 Å². The lowest BCUT2D eigenvalue weighted by molar-refractivity contribution is -0.137. The van der Waals surface area contributed by atoms with Crippen molar-refractivity contribution in [3.8, 4) is 5.75 Å². The fourth-order valence-electron chi connectivity index (χ4n) is 5.48. The molecule has 2 heterocycles. The van der Waals surface area contributed by atoms with Gasteiger partial charge in [0.25, 0.3) is 5.91 Å². The first-order chi connectivity index (χ1) is 16.4. The van der Waals surface area contributed by atoms with E-state index in [0.717, 1.165) is 29.7 Å². The van der Waals surface area contributed by atoms with Crippen LogP contribution in [0.2, 0.25) is 0 Å². The van der Waals surface area contributed by atoms with E-state index in [1.54, 1.807) is 14.2 Å². The SMILES string of the molecule is COc1ccccc1CC(=O)N1CCC(NC(=O)CN2C(=O)N(C)C3(CCCCC3)C2=O)CC1. The van der Waals surface area contributed by atoms with Gasteiger partial charge in [-0.2, -0.15) is 0 Å². The highest BCUT2D eigenvalue weighted by Gasteiger charge is 2.55. The summed E-state index contributed by atoms with van der Waals surface area (Å²) in [5, 5.41) is 2.96. The Bertz CT molecular complexity index is 950. The zero-order chi connectivity index (χ0) is 24.3. The van der Waals surface area contributed by atoms with E-state index in [2.05, 4.69) is 5.32 Å². The van der Waals surface area contributed by atoms with E-state index in [0.29, 0.717) is 44.5 Å². The molecule has 4 rings (SSSR count). The van der Waals surface area contributed by atoms with Crippen LogP contribution in [0.25, 0.3) is 0 Å². The fourth-order valence-corrected chi connectivity index (χ4v) is 5.48. The summed E-state index contributed by atoms with van der Waals surface area (Å²) in [4.78, 5) is 55.7. The molecule has 2 aliphatic heterocycles. The van der Waals surface area contributed by atoms with E-state index < -0.39 is 5.54 Å². The van der Waals surface area contributed by atoms with Crippen molar-refractivity contribution in [1.29, 1.82) is 0 Å². The van der Waals surface area contributed by atoms with Gasteiger partial charge in [-0.3, -0.25) is 19.3 Å². The zero-order valence-electron chi connectivity index (χ0n) is 20.0. The molecule has 0 bridgehead atoms. The molecule has 34 heavy (non-hydrogen) atoms. The van der Waals surface area contributed by atoms with Gasteiger partial charge in [0.2, 0.25) is 11.8 Å². The molecule has 184 valence electrons. The second-order valence-corrected chi connectivity index (χ2v) is 9.54. The smallest absolute Gasteiger partial charge is 0.327 e. The topological polar surface area (TPSA) is 99.3 Å². The lowest BCUT2D eigenvalue weighted by Crippen LogP contribution is -2.51. The van der Waals surface area contributed by atoms with Gasteiger partial charge in [-0.1, -0.05) is 37.5 Å². The quantitative estimate of drug-likeness (QED) is 0.641. The Morgan fingerprint density at radius 2 is 1.76 bits per heavy atom. The first-order valence-corrected chi connectivity index (χ1v) is 12.1. The number of amides is 5. The number of urea groups is 1. The number of rotatable bonds is 6. The summed E-state index contributed by atoms with van der Waals surface area (Å²) in [6, 6.07) is 7.01. The third-order valence-corrected chi connectivity index (χ3v) is 7.53. The Morgan fingerprint density at radius 3 is 2.44 bits per heavy atom. The van der Waals surface area contributed by atoms with Crippen LogP contribution in [0.4, 0.5) is 4.79 Å². The van der Waals surface area contributed by atoms with Gasteiger partial charge in [-0.15, -0.1) is 0 Å². The van der Waals surface area contributed by atoms with Gasteiger partial charge in [0.15, 0.2) is 0 Å². The molecule has 1 saturated carbocycles.